The minimum absolute atomic E-state index is 0.730. The van der Waals surface area contributed by atoms with Crippen molar-refractivity contribution < 1.29 is 74.7 Å². The van der Waals surface area contributed by atoms with Crippen LogP contribution in [0.25, 0.3) is 0 Å². The van der Waals surface area contributed by atoms with E-state index >= 15 is 0 Å². The Labute approximate surface area is 187 Å². The van der Waals surface area contributed by atoms with Gasteiger partial charge in [0, 0.05) is 0 Å². The molecule has 0 bridgehead atoms. The van der Waals surface area contributed by atoms with Crippen LogP contribution in [0.4, 0.5) is 0 Å². The highest BCUT2D eigenvalue weighted by Gasteiger charge is 2.53. The average Bonchev–Trinajstić information content (AvgIpc) is 2.79. The summed E-state index contributed by atoms with van der Waals surface area (Å²) in [7, 11) is 0. The summed E-state index contributed by atoms with van der Waals surface area (Å²) in [5.74, 6) is 0. The third kappa shape index (κ3) is 5.32. The second kappa shape index (κ2) is 11.0. The van der Waals surface area contributed by atoms with Crippen LogP contribution in [0.5, 0.6) is 0 Å². The second-order valence-corrected chi connectivity index (χ2v) is 8.32. The first-order valence-electron chi connectivity index (χ1n) is 10.4. The number of hydrogen-bond acceptors (Lipinski definition) is 15. The van der Waals surface area contributed by atoms with Crippen LogP contribution in [-0.2, 0) is 23.7 Å². The molecule has 15 heteroatoms. The van der Waals surface area contributed by atoms with Crippen molar-refractivity contribution in [2.45, 2.75) is 99.0 Å². The van der Waals surface area contributed by atoms with E-state index in [-0.39, 0.29) is 0 Å². The van der Waals surface area contributed by atoms with Gasteiger partial charge in [0.1, 0.15) is 67.1 Å². The fourth-order valence-electron chi connectivity index (χ4n) is 3.99. The maximum Gasteiger partial charge on any atom is 0.187 e. The molecular formula is C18H32O15. The smallest absolute Gasteiger partial charge is 0.187 e. The van der Waals surface area contributed by atoms with Crippen LogP contribution < -0.4 is 0 Å². The third-order valence-electron chi connectivity index (χ3n) is 6.05. The first-order chi connectivity index (χ1) is 15.5. The molecular weight excluding hydrogens is 456 g/mol. The first kappa shape index (κ1) is 27.0. The van der Waals surface area contributed by atoms with Crippen LogP contribution in [0.3, 0.4) is 0 Å². The fraction of sp³-hybridized carbons (Fsp3) is 1.00. The van der Waals surface area contributed by atoms with E-state index in [1.54, 1.807) is 0 Å². The molecule has 3 rings (SSSR count). The lowest BCUT2D eigenvalue weighted by atomic mass is 9.96. The van der Waals surface area contributed by atoms with Gasteiger partial charge in [-0.3, -0.25) is 0 Å². The molecule has 3 aliphatic heterocycles. The Balaban J connectivity index is 1.75. The predicted molar refractivity (Wildman–Crippen MR) is 99.8 cm³/mol. The Bertz CT molecular complexity index is 624. The van der Waals surface area contributed by atoms with Crippen molar-refractivity contribution >= 4 is 0 Å². The van der Waals surface area contributed by atoms with Crippen molar-refractivity contribution in [3.63, 3.8) is 0 Å². The lowest BCUT2D eigenvalue weighted by molar-refractivity contribution is -0.381. The quantitative estimate of drug-likeness (QED) is 0.167. The standard InChI is InChI=1S/C18H32O15/c1-4-7(21)9(23)11(25)17(29-4)33-15-13(27)14(6(3-20)30-16(15)28)32-18-12(26)10(24)8(22)5(2-19)31-18/h4-28H,2-3H2,1H3/t4?,5?,6?,7?,8?,9?,10?,11?,12?,13?,14?,15-,16?,17?,18?/m0/s1. The van der Waals surface area contributed by atoms with Crippen LogP contribution in [-0.4, -0.2) is 156 Å². The van der Waals surface area contributed by atoms with E-state index < -0.39 is 105 Å². The normalized spacial score (nSPS) is 53.7. The molecule has 15 atom stereocenters. The molecule has 14 unspecified atom stereocenters. The molecule has 0 spiro atoms. The van der Waals surface area contributed by atoms with E-state index in [1.165, 1.54) is 6.92 Å². The van der Waals surface area contributed by atoms with E-state index in [0.717, 1.165) is 0 Å². The van der Waals surface area contributed by atoms with Crippen LogP contribution in [0, 0.1) is 0 Å². The molecule has 10 N–H and O–H groups in total. The summed E-state index contributed by atoms with van der Waals surface area (Å²) >= 11 is 0. The Morgan fingerprint density at radius 3 is 1.64 bits per heavy atom. The van der Waals surface area contributed by atoms with Gasteiger partial charge >= 0.3 is 0 Å². The zero-order valence-corrected chi connectivity index (χ0v) is 17.6. The summed E-state index contributed by atoms with van der Waals surface area (Å²) in [5.41, 5.74) is 0. The zero-order valence-electron chi connectivity index (χ0n) is 17.6. The van der Waals surface area contributed by atoms with Crippen LogP contribution in [0.1, 0.15) is 6.92 Å². The largest absolute Gasteiger partial charge is 0.394 e. The Kier molecular flexibility index (Phi) is 8.99. The molecule has 3 fully saturated rings. The number of ether oxygens (including phenoxy) is 5. The van der Waals surface area contributed by atoms with Crippen LogP contribution in [0.15, 0.2) is 0 Å². The zero-order chi connectivity index (χ0) is 24.6. The van der Waals surface area contributed by atoms with E-state index in [0.29, 0.717) is 0 Å². The predicted octanol–water partition coefficient (Wildman–Crippen LogP) is -6.55. The second-order valence-electron chi connectivity index (χ2n) is 8.32. The average molecular weight is 488 g/mol. The van der Waals surface area contributed by atoms with Crippen molar-refractivity contribution in [3.05, 3.63) is 0 Å². The molecule has 194 valence electrons. The third-order valence-corrected chi connectivity index (χ3v) is 6.05. The van der Waals surface area contributed by atoms with Gasteiger partial charge in [-0.05, 0) is 6.92 Å². The summed E-state index contributed by atoms with van der Waals surface area (Å²) in [4.78, 5) is 0. The number of aliphatic hydroxyl groups is 10. The molecule has 0 aromatic heterocycles. The fourth-order valence-corrected chi connectivity index (χ4v) is 3.99. The maximum absolute atomic E-state index is 10.8. The molecule has 3 saturated heterocycles. The Morgan fingerprint density at radius 2 is 1.06 bits per heavy atom. The van der Waals surface area contributed by atoms with Gasteiger partial charge in [0.25, 0.3) is 0 Å². The highest BCUT2D eigenvalue weighted by Crippen LogP contribution is 2.32. The van der Waals surface area contributed by atoms with Gasteiger partial charge in [0.2, 0.25) is 0 Å². The van der Waals surface area contributed by atoms with E-state index in [2.05, 4.69) is 0 Å². The molecule has 33 heavy (non-hydrogen) atoms. The summed E-state index contributed by atoms with van der Waals surface area (Å²) in [5, 5.41) is 99.8. The van der Waals surface area contributed by atoms with Crippen molar-refractivity contribution in [3.8, 4) is 0 Å². The topological polar surface area (TPSA) is 248 Å². The summed E-state index contributed by atoms with van der Waals surface area (Å²) < 4.78 is 26.6. The van der Waals surface area contributed by atoms with Crippen LogP contribution >= 0.6 is 0 Å². The monoisotopic (exact) mass is 488 g/mol. The number of aliphatic hydroxyl groups excluding tert-OH is 10. The van der Waals surface area contributed by atoms with Gasteiger partial charge in [-0.15, -0.1) is 0 Å². The van der Waals surface area contributed by atoms with E-state index in [1.807, 2.05) is 0 Å². The number of rotatable bonds is 6. The van der Waals surface area contributed by atoms with Crippen LogP contribution in [0.2, 0.25) is 0 Å². The lowest BCUT2D eigenvalue weighted by Gasteiger charge is -2.47. The van der Waals surface area contributed by atoms with Gasteiger partial charge < -0.3 is 74.7 Å². The SMILES string of the molecule is CC1OC(O[C@@H]2C(O)OC(CO)C(OC3OC(CO)C(O)C(O)C3O)C2O)C(O)C(O)C1O. The molecule has 0 saturated carbocycles. The highest BCUT2D eigenvalue weighted by atomic mass is 16.8. The molecule has 0 amide bonds. The molecule has 0 aliphatic carbocycles. The molecule has 3 heterocycles. The summed E-state index contributed by atoms with van der Waals surface area (Å²) in [6, 6.07) is 0. The molecule has 0 radical (unpaired) electrons. The first-order valence-corrected chi connectivity index (χ1v) is 10.4. The molecule has 0 aromatic rings. The summed E-state index contributed by atoms with van der Waals surface area (Å²) in [6.45, 7) is -0.105. The van der Waals surface area contributed by atoms with Gasteiger partial charge in [0.15, 0.2) is 18.9 Å². The van der Waals surface area contributed by atoms with Gasteiger partial charge in [0.05, 0.1) is 19.3 Å². The van der Waals surface area contributed by atoms with Crippen molar-refractivity contribution in [2.24, 2.45) is 0 Å². The minimum atomic E-state index is -1.86. The Morgan fingerprint density at radius 1 is 0.545 bits per heavy atom. The highest BCUT2D eigenvalue weighted by molar-refractivity contribution is 4.95. The van der Waals surface area contributed by atoms with Crippen molar-refractivity contribution in [1.29, 1.82) is 0 Å². The van der Waals surface area contributed by atoms with Gasteiger partial charge in [-0.2, -0.15) is 0 Å². The maximum atomic E-state index is 10.8. The lowest BCUT2D eigenvalue weighted by Crippen LogP contribution is -2.66. The summed E-state index contributed by atoms with van der Waals surface area (Å²) in [6.07, 6.45) is -23.9. The van der Waals surface area contributed by atoms with Gasteiger partial charge in [-0.1, -0.05) is 0 Å². The van der Waals surface area contributed by atoms with Gasteiger partial charge in [-0.25, -0.2) is 0 Å². The molecule has 3 aliphatic rings. The van der Waals surface area contributed by atoms with E-state index in [4.69, 9.17) is 23.7 Å². The number of hydrogen-bond donors (Lipinski definition) is 10. The molecule has 15 nitrogen and oxygen atoms in total. The van der Waals surface area contributed by atoms with E-state index in [9.17, 15) is 51.1 Å². The minimum Gasteiger partial charge on any atom is -0.394 e. The Hall–Kier alpha value is -0.600. The van der Waals surface area contributed by atoms with Crippen molar-refractivity contribution in [2.75, 3.05) is 13.2 Å². The molecule has 0 aromatic carbocycles. The van der Waals surface area contributed by atoms with Crippen molar-refractivity contribution in [1.82, 2.24) is 0 Å².